The number of methoxy groups -OCH3 is 2. The van der Waals surface area contributed by atoms with Crippen molar-refractivity contribution < 1.29 is 14.3 Å². The Morgan fingerprint density at radius 3 is 2.48 bits per heavy atom. The van der Waals surface area contributed by atoms with Crippen LogP contribution in [0.25, 0.3) is 6.08 Å². The van der Waals surface area contributed by atoms with Crippen molar-refractivity contribution in [3.63, 3.8) is 0 Å². The zero-order valence-corrected chi connectivity index (χ0v) is 15.7. The number of thiocarbonyl (C=S) groups is 1. The Kier molecular flexibility index (Phi) is 5.11. The van der Waals surface area contributed by atoms with Crippen molar-refractivity contribution in [2.24, 2.45) is 0 Å². The lowest BCUT2D eigenvalue weighted by atomic mass is 10.1. The van der Waals surface area contributed by atoms with E-state index in [1.165, 1.54) is 11.8 Å². The number of para-hydroxylation sites is 1. The van der Waals surface area contributed by atoms with Crippen molar-refractivity contribution in [1.82, 2.24) is 0 Å². The molecule has 0 saturated carbocycles. The number of rotatable bonds is 4. The first-order chi connectivity index (χ1) is 12.0. The highest BCUT2D eigenvalue weighted by Crippen LogP contribution is 2.38. The summed E-state index contributed by atoms with van der Waals surface area (Å²) in [5.74, 6) is 1.15. The molecule has 1 fully saturated rings. The molecule has 1 saturated heterocycles. The predicted molar refractivity (Wildman–Crippen MR) is 106 cm³/mol. The van der Waals surface area contributed by atoms with E-state index in [1.54, 1.807) is 19.1 Å². The largest absolute Gasteiger partial charge is 0.493 e. The highest BCUT2D eigenvalue weighted by Gasteiger charge is 2.33. The molecular formula is C19H17NO3S2. The minimum absolute atomic E-state index is 0.112. The highest BCUT2D eigenvalue weighted by atomic mass is 32.2. The van der Waals surface area contributed by atoms with Crippen LogP contribution >= 0.6 is 24.0 Å². The maximum Gasteiger partial charge on any atom is 0.270 e. The smallest absolute Gasteiger partial charge is 0.270 e. The van der Waals surface area contributed by atoms with Crippen LogP contribution in [-0.4, -0.2) is 24.4 Å². The van der Waals surface area contributed by atoms with Gasteiger partial charge in [-0.1, -0.05) is 48.2 Å². The van der Waals surface area contributed by atoms with Gasteiger partial charge in [0.25, 0.3) is 5.91 Å². The van der Waals surface area contributed by atoms with Crippen LogP contribution in [0, 0.1) is 6.92 Å². The second-order valence-electron chi connectivity index (χ2n) is 5.42. The predicted octanol–water partition coefficient (Wildman–Crippen LogP) is 4.42. The Hall–Kier alpha value is -2.31. The molecule has 3 rings (SSSR count). The topological polar surface area (TPSA) is 38.8 Å². The number of thioether (sulfide) groups is 1. The summed E-state index contributed by atoms with van der Waals surface area (Å²) in [6, 6.07) is 13.2. The van der Waals surface area contributed by atoms with Crippen LogP contribution in [0.1, 0.15) is 11.1 Å². The van der Waals surface area contributed by atoms with E-state index >= 15 is 0 Å². The van der Waals surface area contributed by atoms with Crippen LogP contribution in [-0.2, 0) is 4.79 Å². The van der Waals surface area contributed by atoms with Gasteiger partial charge in [-0.3, -0.25) is 9.69 Å². The van der Waals surface area contributed by atoms with Gasteiger partial charge in [-0.2, -0.15) is 0 Å². The van der Waals surface area contributed by atoms with Gasteiger partial charge in [-0.15, -0.1) is 0 Å². The second-order valence-corrected chi connectivity index (χ2v) is 7.09. The highest BCUT2D eigenvalue weighted by molar-refractivity contribution is 8.27. The molecule has 1 aliphatic heterocycles. The standard InChI is InChI=1S/C19H17NO3S2/c1-12-6-4-5-7-14(12)20-18(21)17(25-19(20)24)11-13-8-9-15(22-2)16(10-13)23-3/h4-11H,1-3H3/b17-11-. The van der Waals surface area contributed by atoms with Crippen LogP contribution in [0.4, 0.5) is 5.69 Å². The molecule has 0 bridgehead atoms. The quantitative estimate of drug-likeness (QED) is 0.588. The van der Waals surface area contributed by atoms with Gasteiger partial charge >= 0.3 is 0 Å². The van der Waals surface area contributed by atoms with Crippen LogP contribution in [0.3, 0.4) is 0 Å². The van der Waals surface area contributed by atoms with Gasteiger partial charge in [0.2, 0.25) is 0 Å². The minimum Gasteiger partial charge on any atom is -0.493 e. The average Bonchev–Trinajstić information content (AvgIpc) is 2.89. The van der Waals surface area contributed by atoms with Crippen LogP contribution in [0.2, 0.25) is 0 Å². The van der Waals surface area contributed by atoms with E-state index in [0.717, 1.165) is 16.8 Å². The van der Waals surface area contributed by atoms with E-state index in [-0.39, 0.29) is 5.91 Å². The lowest BCUT2D eigenvalue weighted by Gasteiger charge is -2.16. The molecule has 0 aromatic heterocycles. The van der Waals surface area contributed by atoms with Gasteiger partial charge in [-0.25, -0.2) is 0 Å². The van der Waals surface area contributed by atoms with Crippen molar-refractivity contribution in [3.8, 4) is 11.5 Å². The summed E-state index contributed by atoms with van der Waals surface area (Å²) >= 11 is 6.72. The molecule has 4 nitrogen and oxygen atoms in total. The molecular weight excluding hydrogens is 354 g/mol. The molecule has 0 atom stereocenters. The lowest BCUT2D eigenvalue weighted by Crippen LogP contribution is -2.28. The maximum atomic E-state index is 12.8. The van der Waals surface area contributed by atoms with Gasteiger partial charge in [-0.05, 0) is 42.3 Å². The van der Waals surface area contributed by atoms with Crippen molar-refractivity contribution in [2.75, 3.05) is 19.1 Å². The molecule has 128 valence electrons. The van der Waals surface area contributed by atoms with Crippen molar-refractivity contribution in [2.45, 2.75) is 6.92 Å². The van der Waals surface area contributed by atoms with Crippen molar-refractivity contribution in [1.29, 1.82) is 0 Å². The van der Waals surface area contributed by atoms with Crippen molar-refractivity contribution >= 4 is 46.0 Å². The summed E-state index contributed by atoms with van der Waals surface area (Å²) < 4.78 is 11.1. The Bertz CT molecular complexity index is 877. The van der Waals surface area contributed by atoms with E-state index in [2.05, 4.69) is 0 Å². The van der Waals surface area contributed by atoms with Crippen LogP contribution in [0.15, 0.2) is 47.4 Å². The SMILES string of the molecule is COc1ccc(/C=C2\SC(=S)N(c3ccccc3C)C2=O)cc1OC. The van der Waals surface area contributed by atoms with Gasteiger partial charge < -0.3 is 9.47 Å². The third-order valence-corrected chi connectivity index (χ3v) is 5.16. The van der Waals surface area contributed by atoms with Gasteiger partial charge in [0, 0.05) is 0 Å². The molecule has 0 spiro atoms. The Labute approximate surface area is 156 Å². The molecule has 0 N–H and O–H groups in total. The number of aryl methyl sites for hydroxylation is 1. The third-order valence-electron chi connectivity index (χ3n) is 3.86. The molecule has 2 aromatic carbocycles. The molecule has 1 amide bonds. The molecule has 0 aliphatic carbocycles. The fourth-order valence-electron chi connectivity index (χ4n) is 2.58. The van der Waals surface area contributed by atoms with Crippen molar-refractivity contribution in [3.05, 3.63) is 58.5 Å². The first-order valence-electron chi connectivity index (χ1n) is 7.60. The van der Waals surface area contributed by atoms with E-state index < -0.39 is 0 Å². The number of amides is 1. The summed E-state index contributed by atoms with van der Waals surface area (Å²) in [5.41, 5.74) is 2.68. The number of ether oxygens (including phenoxy) is 2. The first-order valence-corrected chi connectivity index (χ1v) is 8.83. The molecule has 25 heavy (non-hydrogen) atoms. The first kappa shape index (κ1) is 17.5. The normalized spacial score (nSPS) is 15.8. The molecule has 1 heterocycles. The third kappa shape index (κ3) is 3.41. The molecule has 0 radical (unpaired) electrons. The Balaban J connectivity index is 1.95. The summed E-state index contributed by atoms with van der Waals surface area (Å²) in [6.07, 6.45) is 1.82. The van der Waals surface area contributed by atoms with Gasteiger partial charge in [0.05, 0.1) is 24.8 Å². The Morgan fingerprint density at radius 1 is 1.08 bits per heavy atom. The fourth-order valence-corrected chi connectivity index (χ4v) is 3.87. The van der Waals surface area contributed by atoms with Crippen LogP contribution < -0.4 is 14.4 Å². The van der Waals surface area contributed by atoms with E-state index in [1.807, 2.05) is 55.5 Å². The van der Waals surface area contributed by atoms with E-state index in [0.29, 0.717) is 20.7 Å². The summed E-state index contributed by atoms with van der Waals surface area (Å²) in [5, 5.41) is 0. The van der Waals surface area contributed by atoms with E-state index in [4.69, 9.17) is 21.7 Å². The summed E-state index contributed by atoms with van der Waals surface area (Å²) in [6.45, 7) is 1.96. The molecule has 1 aliphatic rings. The number of nitrogens with zero attached hydrogens (tertiary/aromatic N) is 1. The number of anilines is 1. The second kappa shape index (κ2) is 7.29. The molecule has 6 heteroatoms. The van der Waals surface area contributed by atoms with Gasteiger partial charge in [0.15, 0.2) is 15.8 Å². The molecule has 2 aromatic rings. The zero-order valence-electron chi connectivity index (χ0n) is 14.1. The maximum absolute atomic E-state index is 12.8. The summed E-state index contributed by atoms with van der Waals surface area (Å²) in [4.78, 5) is 15.0. The Morgan fingerprint density at radius 2 is 1.80 bits per heavy atom. The van der Waals surface area contributed by atoms with Gasteiger partial charge in [0.1, 0.15) is 0 Å². The fraction of sp³-hybridized carbons (Fsp3) is 0.158. The average molecular weight is 371 g/mol. The number of carbonyl (C=O) groups is 1. The minimum atomic E-state index is -0.112. The number of benzene rings is 2. The van der Waals surface area contributed by atoms with Crippen LogP contribution in [0.5, 0.6) is 11.5 Å². The number of hydrogen-bond donors (Lipinski definition) is 0. The zero-order chi connectivity index (χ0) is 18.0. The van der Waals surface area contributed by atoms with E-state index in [9.17, 15) is 4.79 Å². The number of carbonyl (C=O) groups excluding carboxylic acids is 1. The molecule has 0 unspecified atom stereocenters. The number of hydrogen-bond acceptors (Lipinski definition) is 5. The lowest BCUT2D eigenvalue weighted by molar-refractivity contribution is -0.113. The summed E-state index contributed by atoms with van der Waals surface area (Å²) in [7, 11) is 3.17. The monoisotopic (exact) mass is 371 g/mol.